The van der Waals surface area contributed by atoms with Crippen molar-refractivity contribution in [1.82, 2.24) is 0 Å². The smallest absolute Gasteiger partial charge is 0.309 e. The summed E-state index contributed by atoms with van der Waals surface area (Å²) >= 11 is 0. The van der Waals surface area contributed by atoms with Crippen LogP contribution in [0.1, 0.15) is 27.2 Å². The Kier molecular flexibility index (Phi) is 5.37. The van der Waals surface area contributed by atoms with Crippen LogP contribution in [0.4, 0.5) is 0 Å². The lowest BCUT2D eigenvalue weighted by molar-refractivity contribution is -0.157. The number of aliphatic hydroxyl groups excluding tert-OH is 1. The molecule has 0 aliphatic rings. The van der Waals surface area contributed by atoms with Crippen LogP contribution in [0.25, 0.3) is 0 Å². The molecule has 0 aromatic heterocycles. The van der Waals surface area contributed by atoms with Crippen LogP contribution in [-0.2, 0) is 23.8 Å². The Hall–Kier alpha value is -0.660. The van der Waals surface area contributed by atoms with Crippen molar-refractivity contribution in [2.24, 2.45) is 0 Å². The van der Waals surface area contributed by atoms with E-state index in [0.29, 0.717) is 0 Å². The third-order valence-electron chi connectivity index (χ3n) is 1.30. The molecule has 0 heterocycles. The van der Waals surface area contributed by atoms with E-state index in [-0.39, 0.29) is 6.42 Å². The van der Waals surface area contributed by atoms with Gasteiger partial charge in [-0.25, -0.2) is 0 Å². The second-order valence-corrected chi connectivity index (χ2v) is 6.08. The third kappa shape index (κ3) is 9.88. The number of hydrogen-bond donors (Lipinski definition) is 1. The quantitative estimate of drug-likeness (QED) is 0.551. The maximum atomic E-state index is 11.2. The minimum absolute atomic E-state index is 0.299. The summed E-state index contributed by atoms with van der Waals surface area (Å²) in [6, 6.07) is 0. The van der Waals surface area contributed by atoms with E-state index in [1.54, 1.807) is 20.8 Å². The predicted octanol–water partition coefficient (Wildman–Crippen LogP) is 0.0553. The van der Waals surface area contributed by atoms with Crippen molar-refractivity contribution >= 4 is 16.1 Å². The van der Waals surface area contributed by atoms with Gasteiger partial charge in [0.1, 0.15) is 5.60 Å². The molecular formula is C9H18O6S. The van der Waals surface area contributed by atoms with Crippen molar-refractivity contribution in [2.45, 2.75) is 38.9 Å². The van der Waals surface area contributed by atoms with Gasteiger partial charge in [0.2, 0.25) is 0 Å². The topological polar surface area (TPSA) is 89.9 Å². The molecule has 0 spiro atoms. The van der Waals surface area contributed by atoms with Crippen LogP contribution in [0, 0.1) is 0 Å². The van der Waals surface area contributed by atoms with E-state index in [1.165, 1.54) is 0 Å². The Labute approximate surface area is 95.7 Å². The molecular weight excluding hydrogens is 236 g/mol. The summed E-state index contributed by atoms with van der Waals surface area (Å²) in [7, 11) is -3.60. The summed E-state index contributed by atoms with van der Waals surface area (Å²) < 4.78 is 30.5. The second-order valence-electron chi connectivity index (χ2n) is 4.43. The Morgan fingerprint density at radius 1 is 1.38 bits per heavy atom. The fraction of sp³-hybridized carbons (Fsp3) is 0.889. The Bertz CT molecular complexity index is 326. The minimum Gasteiger partial charge on any atom is -0.460 e. The zero-order valence-electron chi connectivity index (χ0n) is 9.89. The van der Waals surface area contributed by atoms with E-state index in [2.05, 4.69) is 4.18 Å². The van der Waals surface area contributed by atoms with E-state index in [9.17, 15) is 18.3 Å². The number of ether oxygens (including phenoxy) is 1. The minimum atomic E-state index is -3.60. The normalized spacial score (nSPS) is 14.6. The lowest BCUT2D eigenvalue weighted by Gasteiger charge is -2.20. The SMILES string of the molecule is CC(C)(C)OC(=O)CC(O)COS(C)(=O)=O. The average Bonchev–Trinajstić information content (AvgIpc) is 1.95. The first-order chi connectivity index (χ1) is 6.99. The molecule has 1 atom stereocenters. The molecule has 0 bridgehead atoms. The number of carbonyl (C=O) groups is 1. The van der Waals surface area contributed by atoms with Crippen molar-refractivity contribution in [3.63, 3.8) is 0 Å². The monoisotopic (exact) mass is 254 g/mol. The molecule has 0 radical (unpaired) electrons. The number of aliphatic hydroxyl groups is 1. The molecule has 1 unspecified atom stereocenters. The number of carbonyl (C=O) groups excluding carboxylic acids is 1. The first-order valence-electron chi connectivity index (χ1n) is 4.74. The fourth-order valence-corrected chi connectivity index (χ4v) is 1.24. The number of rotatable bonds is 5. The lowest BCUT2D eigenvalue weighted by Crippen LogP contribution is -2.28. The molecule has 7 heteroatoms. The summed E-state index contributed by atoms with van der Waals surface area (Å²) in [5.41, 5.74) is -0.630. The van der Waals surface area contributed by atoms with Gasteiger partial charge in [-0.15, -0.1) is 0 Å². The zero-order valence-corrected chi connectivity index (χ0v) is 10.7. The summed E-state index contributed by atoms with van der Waals surface area (Å²) in [4.78, 5) is 11.2. The van der Waals surface area contributed by atoms with Crippen LogP contribution in [0.15, 0.2) is 0 Å². The summed E-state index contributed by atoms with van der Waals surface area (Å²) in [6.07, 6.45) is -0.621. The first kappa shape index (κ1) is 15.3. The van der Waals surface area contributed by atoms with Crippen molar-refractivity contribution in [3.05, 3.63) is 0 Å². The van der Waals surface area contributed by atoms with Gasteiger partial charge in [0.15, 0.2) is 0 Å². The third-order valence-corrected chi connectivity index (χ3v) is 1.86. The number of hydrogen-bond acceptors (Lipinski definition) is 6. The molecule has 16 heavy (non-hydrogen) atoms. The standard InChI is InChI=1S/C9H18O6S/c1-9(2,3)15-8(11)5-7(10)6-14-16(4,12)13/h7,10H,5-6H2,1-4H3. The molecule has 0 aliphatic heterocycles. The Morgan fingerprint density at radius 2 is 1.88 bits per heavy atom. The van der Waals surface area contributed by atoms with Crippen molar-refractivity contribution in [1.29, 1.82) is 0 Å². The van der Waals surface area contributed by atoms with E-state index < -0.39 is 34.4 Å². The van der Waals surface area contributed by atoms with Gasteiger partial charge < -0.3 is 9.84 Å². The summed E-state index contributed by atoms with van der Waals surface area (Å²) in [5.74, 6) is -0.600. The summed E-state index contributed by atoms with van der Waals surface area (Å²) in [6.45, 7) is 4.65. The molecule has 0 rings (SSSR count). The highest BCUT2D eigenvalue weighted by atomic mass is 32.2. The van der Waals surface area contributed by atoms with Gasteiger partial charge in [-0.2, -0.15) is 8.42 Å². The Morgan fingerprint density at radius 3 is 2.25 bits per heavy atom. The highest BCUT2D eigenvalue weighted by Crippen LogP contribution is 2.09. The average molecular weight is 254 g/mol. The van der Waals surface area contributed by atoms with Crippen LogP contribution in [-0.4, -0.2) is 44.1 Å². The van der Waals surface area contributed by atoms with Gasteiger partial charge in [-0.1, -0.05) is 0 Å². The maximum absolute atomic E-state index is 11.2. The molecule has 0 amide bonds. The summed E-state index contributed by atoms with van der Waals surface area (Å²) in [5, 5.41) is 9.29. The van der Waals surface area contributed by atoms with E-state index in [4.69, 9.17) is 4.74 Å². The molecule has 0 aliphatic carbocycles. The molecule has 96 valence electrons. The van der Waals surface area contributed by atoms with Crippen molar-refractivity contribution in [2.75, 3.05) is 12.9 Å². The van der Waals surface area contributed by atoms with Gasteiger partial charge in [0.25, 0.3) is 10.1 Å². The van der Waals surface area contributed by atoms with Crippen molar-refractivity contribution in [3.8, 4) is 0 Å². The van der Waals surface area contributed by atoms with Crippen LogP contribution in [0.5, 0.6) is 0 Å². The zero-order chi connectivity index (χ0) is 13.0. The molecule has 0 aromatic rings. The van der Waals surface area contributed by atoms with Crippen LogP contribution in [0.3, 0.4) is 0 Å². The first-order valence-corrected chi connectivity index (χ1v) is 6.55. The maximum Gasteiger partial charge on any atom is 0.309 e. The van der Waals surface area contributed by atoms with Crippen molar-refractivity contribution < 1.29 is 27.2 Å². The molecule has 1 N–H and O–H groups in total. The largest absolute Gasteiger partial charge is 0.460 e. The van der Waals surface area contributed by atoms with Gasteiger partial charge in [0, 0.05) is 0 Å². The van der Waals surface area contributed by atoms with Crippen LogP contribution in [0.2, 0.25) is 0 Å². The molecule has 0 saturated heterocycles. The van der Waals surface area contributed by atoms with E-state index >= 15 is 0 Å². The van der Waals surface area contributed by atoms with E-state index in [1.807, 2.05) is 0 Å². The van der Waals surface area contributed by atoms with Gasteiger partial charge in [-0.3, -0.25) is 8.98 Å². The van der Waals surface area contributed by atoms with Crippen LogP contribution >= 0.6 is 0 Å². The Balaban J connectivity index is 3.97. The fourth-order valence-electron chi connectivity index (χ4n) is 0.837. The highest BCUT2D eigenvalue weighted by molar-refractivity contribution is 7.85. The highest BCUT2D eigenvalue weighted by Gasteiger charge is 2.20. The van der Waals surface area contributed by atoms with Crippen LogP contribution < -0.4 is 0 Å². The lowest BCUT2D eigenvalue weighted by atomic mass is 10.2. The van der Waals surface area contributed by atoms with E-state index in [0.717, 1.165) is 6.26 Å². The van der Waals surface area contributed by atoms with Gasteiger partial charge in [-0.05, 0) is 20.8 Å². The molecule has 0 fully saturated rings. The predicted molar refractivity (Wildman–Crippen MR) is 57.3 cm³/mol. The number of esters is 1. The van der Waals surface area contributed by atoms with Gasteiger partial charge >= 0.3 is 5.97 Å². The second kappa shape index (κ2) is 5.60. The molecule has 0 aromatic carbocycles. The molecule has 6 nitrogen and oxygen atoms in total. The molecule has 0 saturated carbocycles. The van der Waals surface area contributed by atoms with Gasteiger partial charge in [0.05, 0.1) is 25.4 Å².